The minimum atomic E-state index is -0.775. The Hall–Kier alpha value is -2.91. The van der Waals surface area contributed by atoms with Crippen LogP contribution in [0.15, 0.2) is 36.7 Å². The number of unbranched alkanes of at least 4 members (excludes halogenated alkanes) is 1. The van der Waals surface area contributed by atoms with E-state index in [0.29, 0.717) is 17.9 Å². The highest BCUT2D eigenvalue weighted by atomic mass is 32.1. The molecule has 0 saturated carbocycles. The quantitative estimate of drug-likeness (QED) is 0.339. The molecule has 0 radical (unpaired) electrons. The third-order valence-corrected chi connectivity index (χ3v) is 6.59. The van der Waals surface area contributed by atoms with Gasteiger partial charge in [-0.1, -0.05) is 42.9 Å². The van der Waals surface area contributed by atoms with Gasteiger partial charge in [-0.25, -0.2) is 9.78 Å². The van der Waals surface area contributed by atoms with Crippen molar-refractivity contribution < 1.29 is 14.3 Å². The lowest BCUT2D eigenvalue weighted by Crippen LogP contribution is -2.43. The van der Waals surface area contributed by atoms with E-state index in [2.05, 4.69) is 25.5 Å². The van der Waals surface area contributed by atoms with Crippen LogP contribution in [0.4, 0.5) is 5.13 Å². The molecule has 8 nitrogen and oxygen atoms in total. The van der Waals surface area contributed by atoms with Crippen LogP contribution in [0.25, 0.3) is 10.9 Å². The maximum atomic E-state index is 13.0. The van der Waals surface area contributed by atoms with Crippen LogP contribution < -0.4 is 15.5 Å². The van der Waals surface area contributed by atoms with Crippen LogP contribution in [0.1, 0.15) is 35.0 Å². The van der Waals surface area contributed by atoms with E-state index >= 15 is 0 Å². The number of amides is 1. The maximum absolute atomic E-state index is 13.0. The summed E-state index contributed by atoms with van der Waals surface area (Å²) in [5.74, 6) is -0.718. The second-order valence-corrected chi connectivity index (χ2v) is 8.86. The zero-order chi connectivity index (χ0) is 22.3. The van der Waals surface area contributed by atoms with Crippen molar-refractivity contribution in [3.63, 3.8) is 0 Å². The maximum Gasteiger partial charge on any atom is 0.328 e. The molecule has 1 unspecified atom stereocenters. The van der Waals surface area contributed by atoms with Crippen LogP contribution >= 0.6 is 11.3 Å². The fourth-order valence-corrected chi connectivity index (χ4v) is 4.60. The van der Waals surface area contributed by atoms with Gasteiger partial charge in [0, 0.05) is 49.7 Å². The molecule has 1 atom stereocenters. The highest BCUT2D eigenvalue weighted by Gasteiger charge is 2.26. The molecule has 1 aliphatic heterocycles. The van der Waals surface area contributed by atoms with Gasteiger partial charge < -0.3 is 25.3 Å². The minimum Gasteiger partial charge on any atom is -0.464 e. The van der Waals surface area contributed by atoms with Crippen LogP contribution in [0.2, 0.25) is 0 Å². The second kappa shape index (κ2) is 10.6. The number of ether oxygens (including phenoxy) is 1. The van der Waals surface area contributed by atoms with Gasteiger partial charge in [-0.2, -0.15) is 0 Å². The van der Waals surface area contributed by atoms with Crippen molar-refractivity contribution in [2.24, 2.45) is 0 Å². The van der Waals surface area contributed by atoms with Gasteiger partial charge >= 0.3 is 5.97 Å². The van der Waals surface area contributed by atoms with Crippen LogP contribution in [-0.2, 0) is 16.0 Å². The Kier molecular flexibility index (Phi) is 7.39. The molecule has 3 N–H and O–H groups in total. The lowest BCUT2D eigenvalue weighted by molar-refractivity contribution is -0.146. The number of aromatic amines is 1. The molecule has 1 fully saturated rings. The molecule has 0 aliphatic carbocycles. The number of piperazine rings is 1. The Morgan fingerprint density at radius 1 is 1.28 bits per heavy atom. The van der Waals surface area contributed by atoms with Gasteiger partial charge in [-0.15, -0.1) is 0 Å². The smallest absolute Gasteiger partial charge is 0.328 e. The van der Waals surface area contributed by atoms with E-state index in [-0.39, 0.29) is 5.91 Å². The fourth-order valence-electron chi connectivity index (χ4n) is 3.73. The number of aromatic nitrogens is 2. The first-order valence-corrected chi connectivity index (χ1v) is 11.9. The number of rotatable bonds is 9. The zero-order valence-corrected chi connectivity index (χ0v) is 19.0. The van der Waals surface area contributed by atoms with Gasteiger partial charge in [0.2, 0.25) is 0 Å². The van der Waals surface area contributed by atoms with Crippen molar-refractivity contribution >= 4 is 39.2 Å². The topological polar surface area (TPSA) is 99.3 Å². The van der Waals surface area contributed by atoms with Gasteiger partial charge in [0.25, 0.3) is 5.91 Å². The summed E-state index contributed by atoms with van der Waals surface area (Å²) in [5.41, 5.74) is 1.96. The van der Waals surface area contributed by atoms with E-state index in [1.165, 1.54) is 11.3 Å². The lowest BCUT2D eigenvalue weighted by atomic mass is 10.0. The standard InChI is InChI=1S/C23H29N5O3S/c1-2-3-12-31-22(30)19(13-16-14-25-18-7-5-4-6-17(16)18)27-21(29)20-15-26-23(32-20)28-10-8-24-9-11-28/h4-7,14-15,19,24-25H,2-3,8-13H2,1H3,(H,27,29). The Bertz CT molecular complexity index is 1060. The number of benzene rings is 1. The molecular formula is C23H29N5O3S. The van der Waals surface area contributed by atoms with Crippen molar-refractivity contribution in [2.45, 2.75) is 32.2 Å². The predicted molar refractivity (Wildman–Crippen MR) is 126 cm³/mol. The largest absolute Gasteiger partial charge is 0.464 e. The summed E-state index contributed by atoms with van der Waals surface area (Å²) in [4.78, 5) is 36.1. The summed E-state index contributed by atoms with van der Waals surface area (Å²) in [6.45, 7) is 5.92. The number of carbonyl (C=O) groups is 2. The van der Waals surface area contributed by atoms with Crippen molar-refractivity contribution in [1.29, 1.82) is 0 Å². The summed E-state index contributed by atoms with van der Waals surface area (Å²) in [6.07, 6.45) is 5.55. The summed E-state index contributed by atoms with van der Waals surface area (Å²) < 4.78 is 5.45. The van der Waals surface area contributed by atoms with Crippen molar-refractivity contribution in [3.05, 3.63) is 47.1 Å². The summed E-state index contributed by atoms with van der Waals surface area (Å²) in [6, 6.07) is 7.14. The number of esters is 1. The number of fused-ring (bicyclic) bond motifs is 1. The molecule has 1 amide bonds. The van der Waals surface area contributed by atoms with E-state index in [0.717, 1.165) is 60.6 Å². The molecule has 9 heteroatoms. The number of hydrogen-bond donors (Lipinski definition) is 3. The van der Waals surface area contributed by atoms with E-state index < -0.39 is 12.0 Å². The number of para-hydroxylation sites is 1. The Morgan fingerprint density at radius 3 is 2.91 bits per heavy atom. The molecule has 170 valence electrons. The Balaban J connectivity index is 1.48. The van der Waals surface area contributed by atoms with E-state index in [1.807, 2.05) is 37.4 Å². The SMILES string of the molecule is CCCCOC(=O)C(Cc1c[nH]c2ccccc12)NC(=O)c1cnc(N2CCNCC2)s1. The van der Waals surface area contributed by atoms with Gasteiger partial charge in [0.1, 0.15) is 10.9 Å². The van der Waals surface area contributed by atoms with E-state index in [9.17, 15) is 9.59 Å². The minimum absolute atomic E-state index is 0.304. The number of anilines is 1. The zero-order valence-electron chi connectivity index (χ0n) is 18.2. The van der Waals surface area contributed by atoms with Gasteiger partial charge in [-0.05, 0) is 18.1 Å². The van der Waals surface area contributed by atoms with Crippen LogP contribution in [-0.4, -0.2) is 60.7 Å². The van der Waals surface area contributed by atoms with E-state index in [1.54, 1.807) is 6.20 Å². The summed E-state index contributed by atoms with van der Waals surface area (Å²) >= 11 is 1.35. The number of nitrogens with zero attached hydrogens (tertiary/aromatic N) is 2. The van der Waals surface area contributed by atoms with Crippen molar-refractivity contribution in [2.75, 3.05) is 37.7 Å². The highest BCUT2D eigenvalue weighted by molar-refractivity contribution is 7.17. The average Bonchev–Trinajstić information content (AvgIpc) is 3.47. The second-order valence-electron chi connectivity index (χ2n) is 7.85. The molecule has 0 spiro atoms. The Morgan fingerprint density at radius 2 is 2.09 bits per heavy atom. The molecule has 1 saturated heterocycles. The summed E-state index contributed by atoms with van der Waals surface area (Å²) in [5, 5.41) is 8.06. The number of nitrogens with one attached hydrogen (secondary N) is 3. The third-order valence-electron chi connectivity index (χ3n) is 5.54. The molecule has 0 bridgehead atoms. The van der Waals surface area contributed by atoms with Crippen molar-refractivity contribution in [3.8, 4) is 0 Å². The normalized spacial score (nSPS) is 15.0. The number of H-pyrrole nitrogens is 1. The van der Waals surface area contributed by atoms with Crippen LogP contribution in [0, 0.1) is 0 Å². The fraction of sp³-hybridized carbons (Fsp3) is 0.435. The summed E-state index contributed by atoms with van der Waals surface area (Å²) in [7, 11) is 0. The first-order valence-electron chi connectivity index (χ1n) is 11.1. The van der Waals surface area contributed by atoms with E-state index in [4.69, 9.17) is 4.74 Å². The number of carbonyl (C=O) groups excluding carboxylic acids is 2. The van der Waals surface area contributed by atoms with Crippen LogP contribution in [0.3, 0.4) is 0 Å². The van der Waals surface area contributed by atoms with Gasteiger partial charge in [0.05, 0.1) is 12.8 Å². The molecule has 2 aromatic heterocycles. The molecule has 1 aromatic carbocycles. The molecule has 4 rings (SSSR count). The first kappa shape index (κ1) is 22.3. The Labute approximate surface area is 191 Å². The molecular weight excluding hydrogens is 426 g/mol. The van der Waals surface area contributed by atoms with Gasteiger partial charge in [0.15, 0.2) is 5.13 Å². The molecule has 3 aromatic rings. The lowest BCUT2D eigenvalue weighted by Gasteiger charge is -2.26. The molecule has 1 aliphatic rings. The number of hydrogen-bond acceptors (Lipinski definition) is 7. The molecule has 3 heterocycles. The predicted octanol–water partition coefficient (Wildman–Crippen LogP) is 2.72. The monoisotopic (exact) mass is 455 g/mol. The van der Waals surface area contributed by atoms with Crippen LogP contribution in [0.5, 0.6) is 0 Å². The highest BCUT2D eigenvalue weighted by Crippen LogP contribution is 2.24. The van der Waals surface area contributed by atoms with Gasteiger partial charge in [-0.3, -0.25) is 4.79 Å². The number of thiazole rings is 1. The van der Waals surface area contributed by atoms with Crippen molar-refractivity contribution in [1.82, 2.24) is 20.6 Å². The average molecular weight is 456 g/mol. The third kappa shape index (κ3) is 5.28. The first-order chi connectivity index (χ1) is 15.7. The molecule has 32 heavy (non-hydrogen) atoms.